The second-order valence-electron chi connectivity index (χ2n) is 6.65. The molecule has 1 aliphatic carbocycles. The number of halogens is 1. The average Bonchev–Trinajstić information content (AvgIpc) is 3.13. The van der Waals surface area contributed by atoms with Crippen LogP contribution in [0.25, 0.3) is 0 Å². The summed E-state index contributed by atoms with van der Waals surface area (Å²) in [6.07, 6.45) is 5.23. The molecule has 0 spiro atoms. The third kappa shape index (κ3) is 3.67. The zero-order valence-electron chi connectivity index (χ0n) is 13.9. The van der Waals surface area contributed by atoms with Gasteiger partial charge in [-0.2, -0.15) is 0 Å². The lowest BCUT2D eigenvalue weighted by Crippen LogP contribution is -2.23. The van der Waals surface area contributed by atoms with E-state index in [-0.39, 0.29) is 17.8 Å². The number of carbonyl (C=O) groups excluding carboxylic acids is 1. The first-order chi connectivity index (χ1) is 12.2. The third-order valence-electron chi connectivity index (χ3n) is 4.87. The SMILES string of the molecule is O=C1C[C@H](c2cccc(Cl)c2)Cc2nc(NC[C@H]3CCCO3)ncc21. The Morgan fingerprint density at radius 2 is 2.24 bits per heavy atom. The smallest absolute Gasteiger partial charge is 0.222 e. The molecular formula is C19H20ClN3O2. The van der Waals surface area contributed by atoms with Crippen LogP contribution in [0.5, 0.6) is 0 Å². The van der Waals surface area contributed by atoms with Crippen molar-refractivity contribution >= 4 is 23.3 Å². The zero-order chi connectivity index (χ0) is 17.2. The molecule has 1 aromatic heterocycles. The monoisotopic (exact) mass is 357 g/mol. The van der Waals surface area contributed by atoms with Crippen molar-refractivity contribution in [2.45, 2.75) is 37.7 Å². The average molecular weight is 358 g/mol. The Hall–Kier alpha value is -1.98. The minimum Gasteiger partial charge on any atom is -0.376 e. The quantitative estimate of drug-likeness (QED) is 0.905. The molecule has 4 rings (SSSR count). The van der Waals surface area contributed by atoms with Gasteiger partial charge in [-0.25, -0.2) is 9.97 Å². The number of anilines is 1. The standard InChI is InChI=1S/C19H20ClN3O2/c20-14-4-1-3-12(7-14)13-8-17-16(18(24)9-13)11-22-19(23-17)21-10-15-5-2-6-25-15/h1,3-4,7,11,13,15H,2,5-6,8-10H2,(H,21,22,23)/t13-,15-/m1/s1. The van der Waals surface area contributed by atoms with Crippen LogP contribution in [0.3, 0.4) is 0 Å². The van der Waals surface area contributed by atoms with E-state index in [2.05, 4.69) is 15.3 Å². The van der Waals surface area contributed by atoms with Gasteiger partial charge < -0.3 is 10.1 Å². The first-order valence-electron chi connectivity index (χ1n) is 8.69. The molecule has 2 atom stereocenters. The van der Waals surface area contributed by atoms with E-state index in [4.69, 9.17) is 16.3 Å². The molecule has 2 aliphatic rings. The van der Waals surface area contributed by atoms with Crippen LogP contribution in [-0.4, -0.2) is 35.0 Å². The molecule has 1 aromatic carbocycles. The molecular weight excluding hydrogens is 338 g/mol. The number of hydrogen-bond acceptors (Lipinski definition) is 5. The number of Topliss-reactive ketones (excluding diaryl/α,β-unsaturated/α-hetero) is 1. The van der Waals surface area contributed by atoms with E-state index in [1.807, 2.05) is 24.3 Å². The molecule has 0 radical (unpaired) electrons. The minimum atomic E-state index is 0.0944. The number of nitrogens with zero attached hydrogens (tertiary/aromatic N) is 2. The van der Waals surface area contributed by atoms with E-state index >= 15 is 0 Å². The Morgan fingerprint density at radius 3 is 3.04 bits per heavy atom. The highest BCUT2D eigenvalue weighted by atomic mass is 35.5. The van der Waals surface area contributed by atoms with E-state index in [9.17, 15) is 4.79 Å². The van der Waals surface area contributed by atoms with Gasteiger partial charge >= 0.3 is 0 Å². The van der Waals surface area contributed by atoms with Crippen molar-refractivity contribution in [3.05, 3.63) is 52.3 Å². The maximum Gasteiger partial charge on any atom is 0.222 e. The number of benzene rings is 1. The number of carbonyl (C=O) groups is 1. The molecule has 5 nitrogen and oxygen atoms in total. The lowest BCUT2D eigenvalue weighted by molar-refractivity contribution is 0.0962. The fourth-order valence-corrected chi connectivity index (χ4v) is 3.74. The van der Waals surface area contributed by atoms with Gasteiger partial charge in [0.2, 0.25) is 5.95 Å². The van der Waals surface area contributed by atoms with E-state index < -0.39 is 0 Å². The molecule has 130 valence electrons. The van der Waals surface area contributed by atoms with Gasteiger partial charge in [0.25, 0.3) is 0 Å². The van der Waals surface area contributed by atoms with Crippen molar-refractivity contribution < 1.29 is 9.53 Å². The van der Waals surface area contributed by atoms with Crippen molar-refractivity contribution in [3.63, 3.8) is 0 Å². The van der Waals surface area contributed by atoms with E-state index in [1.54, 1.807) is 6.20 Å². The number of aromatic nitrogens is 2. The van der Waals surface area contributed by atoms with E-state index in [1.165, 1.54) is 0 Å². The summed E-state index contributed by atoms with van der Waals surface area (Å²) >= 11 is 6.10. The van der Waals surface area contributed by atoms with Crippen molar-refractivity contribution in [1.29, 1.82) is 0 Å². The lowest BCUT2D eigenvalue weighted by Gasteiger charge is -2.23. The number of nitrogens with one attached hydrogen (secondary N) is 1. The van der Waals surface area contributed by atoms with Gasteiger partial charge in [-0.05, 0) is 42.9 Å². The Balaban J connectivity index is 1.52. The molecule has 1 saturated heterocycles. The summed E-state index contributed by atoms with van der Waals surface area (Å²) in [7, 11) is 0. The third-order valence-corrected chi connectivity index (χ3v) is 5.11. The number of ether oxygens (including phenoxy) is 1. The first-order valence-corrected chi connectivity index (χ1v) is 9.07. The molecule has 0 bridgehead atoms. The molecule has 2 aromatic rings. The van der Waals surface area contributed by atoms with Crippen molar-refractivity contribution in [1.82, 2.24) is 9.97 Å². The summed E-state index contributed by atoms with van der Waals surface area (Å²) in [5.41, 5.74) is 2.53. The Kier molecular flexibility index (Phi) is 4.68. The number of fused-ring (bicyclic) bond motifs is 1. The summed E-state index contributed by atoms with van der Waals surface area (Å²) in [5.74, 6) is 0.769. The molecule has 1 N–H and O–H groups in total. The Morgan fingerprint density at radius 1 is 1.32 bits per heavy atom. The molecule has 0 amide bonds. The van der Waals surface area contributed by atoms with Crippen LogP contribution in [0.2, 0.25) is 5.02 Å². The summed E-state index contributed by atoms with van der Waals surface area (Å²) in [5, 5.41) is 3.93. The number of ketones is 1. The maximum absolute atomic E-state index is 12.5. The lowest BCUT2D eigenvalue weighted by atomic mass is 9.82. The predicted octanol–water partition coefficient (Wildman–Crippen LogP) is 3.63. The van der Waals surface area contributed by atoms with Gasteiger partial charge in [0.15, 0.2) is 5.78 Å². The highest BCUT2D eigenvalue weighted by Crippen LogP contribution is 2.33. The topological polar surface area (TPSA) is 64.1 Å². The van der Waals surface area contributed by atoms with Crippen LogP contribution < -0.4 is 5.32 Å². The highest BCUT2D eigenvalue weighted by Gasteiger charge is 2.28. The van der Waals surface area contributed by atoms with Crippen molar-refractivity contribution in [3.8, 4) is 0 Å². The second-order valence-corrected chi connectivity index (χ2v) is 7.09. The van der Waals surface area contributed by atoms with Crippen LogP contribution in [0.4, 0.5) is 5.95 Å². The van der Waals surface area contributed by atoms with Gasteiger partial charge in [0, 0.05) is 30.8 Å². The maximum atomic E-state index is 12.5. The van der Waals surface area contributed by atoms with Gasteiger partial charge in [-0.3, -0.25) is 4.79 Å². The molecule has 0 saturated carbocycles. The summed E-state index contributed by atoms with van der Waals surface area (Å²) in [6, 6.07) is 7.72. The highest BCUT2D eigenvalue weighted by molar-refractivity contribution is 6.30. The van der Waals surface area contributed by atoms with Crippen LogP contribution in [0.1, 0.15) is 46.8 Å². The summed E-state index contributed by atoms with van der Waals surface area (Å²) < 4.78 is 5.61. The van der Waals surface area contributed by atoms with Gasteiger partial charge in [-0.1, -0.05) is 23.7 Å². The van der Waals surface area contributed by atoms with Gasteiger partial charge in [-0.15, -0.1) is 0 Å². The largest absolute Gasteiger partial charge is 0.376 e. The normalized spacial score (nSPS) is 22.7. The predicted molar refractivity (Wildman–Crippen MR) is 96.3 cm³/mol. The van der Waals surface area contributed by atoms with Crippen molar-refractivity contribution in [2.24, 2.45) is 0 Å². The second kappa shape index (κ2) is 7.10. The van der Waals surface area contributed by atoms with Gasteiger partial charge in [0.05, 0.1) is 17.4 Å². The molecule has 1 aliphatic heterocycles. The summed E-state index contributed by atoms with van der Waals surface area (Å²) in [4.78, 5) is 21.4. The van der Waals surface area contributed by atoms with Gasteiger partial charge in [0.1, 0.15) is 0 Å². The zero-order valence-corrected chi connectivity index (χ0v) is 14.6. The molecule has 6 heteroatoms. The van der Waals surface area contributed by atoms with Crippen molar-refractivity contribution in [2.75, 3.05) is 18.5 Å². The van der Waals surface area contributed by atoms with Crippen LogP contribution >= 0.6 is 11.6 Å². The Labute approximate surface area is 151 Å². The van der Waals surface area contributed by atoms with Crippen LogP contribution in [0, 0.1) is 0 Å². The fraction of sp³-hybridized carbons (Fsp3) is 0.421. The molecule has 2 heterocycles. The van der Waals surface area contributed by atoms with Crippen LogP contribution in [0.15, 0.2) is 30.5 Å². The number of hydrogen-bond donors (Lipinski definition) is 1. The fourth-order valence-electron chi connectivity index (χ4n) is 3.54. The first kappa shape index (κ1) is 16.5. The van der Waals surface area contributed by atoms with E-state index in [0.717, 1.165) is 37.1 Å². The Bertz CT molecular complexity index is 790. The summed E-state index contributed by atoms with van der Waals surface area (Å²) in [6.45, 7) is 1.53. The van der Waals surface area contributed by atoms with E-state index in [0.29, 0.717) is 29.5 Å². The number of rotatable bonds is 4. The molecule has 1 fully saturated rings. The molecule has 0 unspecified atom stereocenters. The molecule has 25 heavy (non-hydrogen) atoms. The minimum absolute atomic E-state index is 0.0944. The van der Waals surface area contributed by atoms with Crippen LogP contribution in [-0.2, 0) is 11.2 Å².